The van der Waals surface area contributed by atoms with E-state index in [1.807, 2.05) is 20.0 Å². The molecule has 0 spiro atoms. The minimum atomic E-state index is 0.243. The smallest absolute Gasteiger partial charge is 0.121 e. The van der Waals surface area contributed by atoms with Gasteiger partial charge in [-0.2, -0.15) is 0 Å². The van der Waals surface area contributed by atoms with Gasteiger partial charge in [0.05, 0.1) is 7.11 Å². The fourth-order valence-electron chi connectivity index (χ4n) is 1.89. The van der Waals surface area contributed by atoms with Crippen molar-refractivity contribution in [3.63, 3.8) is 0 Å². The van der Waals surface area contributed by atoms with Gasteiger partial charge in [0.25, 0.3) is 0 Å². The van der Waals surface area contributed by atoms with Gasteiger partial charge in [-0.15, -0.1) is 0 Å². The molecule has 0 amide bonds. The van der Waals surface area contributed by atoms with E-state index in [1.165, 1.54) is 5.56 Å². The Bertz CT molecular complexity index is 326. The van der Waals surface area contributed by atoms with Gasteiger partial charge in [-0.05, 0) is 44.0 Å². The number of aliphatic hydroxyl groups is 1. The second-order valence-corrected chi connectivity index (χ2v) is 3.94. The first-order valence-electron chi connectivity index (χ1n) is 5.65. The standard InChI is InChI=1S/C13H21NO2/c1-10-9-11(6-7-13(10)16-3)12(14-2)5-4-8-15/h6-7,9,12,14-15H,4-5,8H2,1-3H3. The Morgan fingerprint density at radius 1 is 1.44 bits per heavy atom. The summed E-state index contributed by atoms with van der Waals surface area (Å²) in [5.41, 5.74) is 2.39. The number of aliphatic hydroxyl groups excluding tert-OH is 1. The van der Waals surface area contributed by atoms with E-state index in [0.717, 1.165) is 24.2 Å². The normalized spacial score (nSPS) is 12.5. The minimum Gasteiger partial charge on any atom is -0.496 e. The predicted molar refractivity (Wildman–Crippen MR) is 65.9 cm³/mol. The van der Waals surface area contributed by atoms with Crippen LogP contribution in [0.1, 0.15) is 30.0 Å². The number of aryl methyl sites for hydroxylation is 1. The number of rotatable bonds is 6. The molecule has 0 aliphatic carbocycles. The molecule has 1 aromatic carbocycles. The van der Waals surface area contributed by atoms with Crippen molar-refractivity contribution in [3.05, 3.63) is 29.3 Å². The van der Waals surface area contributed by atoms with Crippen molar-refractivity contribution in [2.45, 2.75) is 25.8 Å². The average Bonchev–Trinajstić information content (AvgIpc) is 2.30. The molecule has 0 heterocycles. The molecule has 2 N–H and O–H groups in total. The van der Waals surface area contributed by atoms with E-state index in [2.05, 4.69) is 17.4 Å². The summed E-state index contributed by atoms with van der Waals surface area (Å²) in [7, 11) is 3.63. The molecule has 3 heteroatoms. The molecule has 1 aromatic rings. The largest absolute Gasteiger partial charge is 0.496 e. The second kappa shape index (κ2) is 6.51. The summed E-state index contributed by atoms with van der Waals surface area (Å²) in [4.78, 5) is 0. The molecule has 1 rings (SSSR count). The minimum absolute atomic E-state index is 0.243. The average molecular weight is 223 g/mol. The lowest BCUT2D eigenvalue weighted by Gasteiger charge is -2.17. The number of methoxy groups -OCH3 is 1. The summed E-state index contributed by atoms with van der Waals surface area (Å²) >= 11 is 0. The molecule has 0 fully saturated rings. The third-order valence-corrected chi connectivity index (χ3v) is 2.82. The first kappa shape index (κ1) is 13.0. The van der Waals surface area contributed by atoms with Crippen molar-refractivity contribution in [1.82, 2.24) is 5.32 Å². The third-order valence-electron chi connectivity index (χ3n) is 2.82. The van der Waals surface area contributed by atoms with Crippen LogP contribution in [0.3, 0.4) is 0 Å². The van der Waals surface area contributed by atoms with Gasteiger partial charge in [0.1, 0.15) is 5.75 Å². The van der Waals surface area contributed by atoms with Crippen LogP contribution in [0.5, 0.6) is 5.75 Å². The molecule has 0 aliphatic heterocycles. The van der Waals surface area contributed by atoms with Crippen LogP contribution in [0.15, 0.2) is 18.2 Å². The van der Waals surface area contributed by atoms with E-state index >= 15 is 0 Å². The Balaban J connectivity index is 2.80. The monoisotopic (exact) mass is 223 g/mol. The van der Waals surface area contributed by atoms with Crippen molar-refractivity contribution in [2.75, 3.05) is 20.8 Å². The highest BCUT2D eigenvalue weighted by molar-refractivity contribution is 5.37. The van der Waals surface area contributed by atoms with Crippen LogP contribution in [0, 0.1) is 6.92 Å². The Kier molecular flexibility index (Phi) is 5.29. The van der Waals surface area contributed by atoms with Crippen LogP contribution in [0.4, 0.5) is 0 Å². The summed E-state index contributed by atoms with van der Waals surface area (Å²) in [6.07, 6.45) is 1.76. The lowest BCUT2D eigenvalue weighted by Crippen LogP contribution is -2.16. The molecule has 3 nitrogen and oxygen atoms in total. The first-order chi connectivity index (χ1) is 7.72. The zero-order valence-electron chi connectivity index (χ0n) is 10.3. The van der Waals surface area contributed by atoms with Crippen LogP contribution < -0.4 is 10.1 Å². The topological polar surface area (TPSA) is 41.5 Å². The number of benzene rings is 1. The van der Waals surface area contributed by atoms with Gasteiger partial charge in [0.2, 0.25) is 0 Å². The number of ether oxygens (including phenoxy) is 1. The maximum Gasteiger partial charge on any atom is 0.121 e. The highest BCUT2D eigenvalue weighted by Gasteiger charge is 2.10. The highest BCUT2D eigenvalue weighted by Crippen LogP contribution is 2.24. The van der Waals surface area contributed by atoms with E-state index in [-0.39, 0.29) is 6.61 Å². The number of nitrogens with one attached hydrogen (secondary N) is 1. The summed E-state index contributed by atoms with van der Waals surface area (Å²) in [6, 6.07) is 6.51. The van der Waals surface area contributed by atoms with Crippen molar-refractivity contribution in [2.24, 2.45) is 0 Å². The van der Waals surface area contributed by atoms with Crippen molar-refractivity contribution in [3.8, 4) is 5.75 Å². The van der Waals surface area contributed by atoms with E-state index in [4.69, 9.17) is 9.84 Å². The number of hydrogen-bond acceptors (Lipinski definition) is 3. The zero-order valence-corrected chi connectivity index (χ0v) is 10.3. The summed E-state index contributed by atoms with van der Waals surface area (Å²) in [6.45, 7) is 2.29. The third kappa shape index (κ3) is 3.22. The fourth-order valence-corrected chi connectivity index (χ4v) is 1.89. The van der Waals surface area contributed by atoms with Crippen LogP contribution in [0.25, 0.3) is 0 Å². The summed E-state index contributed by atoms with van der Waals surface area (Å²) in [5, 5.41) is 12.1. The zero-order chi connectivity index (χ0) is 12.0. The molecule has 1 unspecified atom stereocenters. The molecule has 1 atom stereocenters. The van der Waals surface area contributed by atoms with Gasteiger partial charge in [0.15, 0.2) is 0 Å². The number of hydrogen-bond donors (Lipinski definition) is 2. The lowest BCUT2D eigenvalue weighted by atomic mass is 10.00. The van der Waals surface area contributed by atoms with Crippen LogP contribution in [0.2, 0.25) is 0 Å². The Morgan fingerprint density at radius 2 is 2.19 bits per heavy atom. The van der Waals surface area contributed by atoms with Gasteiger partial charge < -0.3 is 15.2 Å². The molecule has 0 aliphatic rings. The highest BCUT2D eigenvalue weighted by atomic mass is 16.5. The summed E-state index contributed by atoms with van der Waals surface area (Å²) < 4.78 is 5.23. The predicted octanol–water partition coefficient (Wildman–Crippen LogP) is 2.04. The quantitative estimate of drug-likeness (QED) is 0.775. The Hall–Kier alpha value is -1.06. The fraction of sp³-hybridized carbons (Fsp3) is 0.538. The van der Waals surface area contributed by atoms with E-state index in [1.54, 1.807) is 7.11 Å². The van der Waals surface area contributed by atoms with Crippen LogP contribution >= 0.6 is 0 Å². The lowest BCUT2D eigenvalue weighted by molar-refractivity contribution is 0.276. The molecule has 16 heavy (non-hydrogen) atoms. The molecular weight excluding hydrogens is 202 g/mol. The van der Waals surface area contributed by atoms with Crippen LogP contribution in [-0.2, 0) is 0 Å². The van der Waals surface area contributed by atoms with Gasteiger partial charge in [-0.25, -0.2) is 0 Å². The molecular formula is C13H21NO2. The molecule has 0 aromatic heterocycles. The Morgan fingerprint density at radius 3 is 2.69 bits per heavy atom. The van der Waals surface area contributed by atoms with Gasteiger partial charge in [-0.1, -0.05) is 12.1 Å². The van der Waals surface area contributed by atoms with Crippen LogP contribution in [-0.4, -0.2) is 25.9 Å². The molecule has 90 valence electrons. The van der Waals surface area contributed by atoms with Gasteiger partial charge in [0, 0.05) is 12.6 Å². The van der Waals surface area contributed by atoms with Crippen molar-refractivity contribution >= 4 is 0 Å². The molecule has 0 radical (unpaired) electrons. The van der Waals surface area contributed by atoms with Crippen molar-refractivity contribution in [1.29, 1.82) is 0 Å². The Labute approximate surface area is 97.4 Å². The van der Waals surface area contributed by atoms with Gasteiger partial charge in [-0.3, -0.25) is 0 Å². The maximum atomic E-state index is 8.85. The first-order valence-corrected chi connectivity index (χ1v) is 5.65. The second-order valence-electron chi connectivity index (χ2n) is 3.94. The van der Waals surface area contributed by atoms with E-state index < -0.39 is 0 Å². The SMILES string of the molecule is CNC(CCCO)c1ccc(OC)c(C)c1. The molecule has 0 saturated carbocycles. The van der Waals surface area contributed by atoms with E-state index in [9.17, 15) is 0 Å². The molecule has 0 saturated heterocycles. The summed E-state index contributed by atoms with van der Waals surface area (Å²) in [5.74, 6) is 0.917. The maximum absolute atomic E-state index is 8.85. The van der Waals surface area contributed by atoms with Crippen molar-refractivity contribution < 1.29 is 9.84 Å². The van der Waals surface area contributed by atoms with E-state index in [0.29, 0.717) is 6.04 Å². The molecule has 0 bridgehead atoms. The van der Waals surface area contributed by atoms with Gasteiger partial charge >= 0.3 is 0 Å².